The Morgan fingerprint density at radius 1 is 1.17 bits per heavy atom. The van der Waals surface area contributed by atoms with Crippen molar-refractivity contribution >= 4 is 5.82 Å². The van der Waals surface area contributed by atoms with E-state index in [9.17, 15) is 0 Å². The lowest BCUT2D eigenvalue weighted by Crippen LogP contribution is -2.21. The molecule has 0 aliphatic heterocycles. The Kier molecular flexibility index (Phi) is 4.25. The molecule has 0 saturated carbocycles. The number of hydrogen-bond acceptors (Lipinski definition) is 4. The Morgan fingerprint density at radius 3 is 2.67 bits per heavy atom. The number of aromatic nitrogens is 2. The first kappa shape index (κ1) is 12.5. The Labute approximate surface area is 107 Å². The third-order valence-corrected chi connectivity index (χ3v) is 2.87. The van der Waals surface area contributed by atoms with E-state index in [0.29, 0.717) is 6.54 Å². The van der Waals surface area contributed by atoms with Crippen LogP contribution in [-0.4, -0.2) is 23.6 Å². The smallest absolute Gasteiger partial charge is 0.128 e. The van der Waals surface area contributed by atoms with Gasteiger partial charge in [0.25, 0.3) is 0 Å². The van der Waals surface area contributed by atoms with E-state index >= 15 is 0 Å². The van der Waals surface area contributed by atoms with Gasteiger partial charge in [-0.1, -0.05) is 12.1 Å². The molecule has 0 aliphatic carbocycles. The van der Waals surface area contributed by atoms with Crippen LogP contribution in [0.5, 0.6) is 0 Å². The van der Waals surface area contributed by atoms with Crippen molar-refractivity contribution in [2.75, 3.05) is 18.5 Å². The van der Waals surface area contributed by atoms with E-state index in [2.05, 4.69) is 14.9 Å². The van der Waals surface area contributed by atoms with Gasteiger partial charge in [0.15, 0.2) is 0 Å². The summed E-state index contributed by atoms with van der Waals surface area (Å²) in [5.41, 5.74) is 7.70. The Balaban J connectivity index is 1.93. The first-order chi connectivity index (χ1) is 8.79. The van der Waals surface area contributed by atoms with Gasteiger partial charge >= 0.3 is 0 Å². The van der Waals surface area contributed by atoms with Crippen LogP contribution in [0, 0.1) is 0 Å². The van der Waals surface area contributed by atoms with Crippen molar-refractivity contribution in [2.24, 2.45) is 5.73 Å². The van der Waals surface area contributed by atoms with Crippen LogP contribution in [0.1, 0.15) is 11.3 Å². The molecule has 0 aliphatic rings. The number of nitrogens with zero attached hydrogens (tertiary/aromatic N) is 3. The molecule has 0 amide bonds. The Bertz CT molecular complexity index is 467. The molecule has 0 saturated heterocycles. The maximum Gasteiger partial charge on any atom is 0.128 e. The maximum absolute atomic E-state index is 5.55. The largest absolute Gasteiger partial charge is 0.359 e. The Morgan fingerprint density at radius 2 is 2.06 bits per heavy atom. The second kappa shape index (κ2) is 6.12. The zero-order valence-electron chi connectivity index (χ0n) is 10.6. The summed E-state index contributed by atoms with van der Waals surface area (Å²) < 4.78 is 0. The van der Waals surface area contributed by atoms with Gasteiger partial charge in [0.05, 0.1) is 0 Å². The van der Waals surface area contributed by atoms with Gasteiger partial charge in [-0.2, -0.15) is 0 Å². The van der Waals surface area contributed by atoms with E-state index in [-0.39, 0.29) is 0 Å². The fourth-order valence-corrected chi connectivity index (χ4v) is 1.71. The van der Waals surface area contributed by atoms with Crippen LogP contribution in [-0.2, 0) is 13.0 Å². The number of anilines is 1. The average Bonchev–Trinajstić information content (AvgIpc) is 2.46. The summed E-state index contributed by atoms with van der Waals surface area (Å²) in [7, 11) is 2.04. The molecule has 0 fully saturated rings. The van der Waals surface area contributed by atoms with Crippen LogP contribution in [0.15, 0.2) is 42.7 Å². The van der Waals surface area contributed by atoms with Gasteiger partial charge in [-0.15, -0.1) is 0 Å². The third-order valence-electron chi connectivity index (χ3n) is 2.87. The highest BCUT2D eigenvalue weighted by Crippen LogP contribution is 2.10. The normalized spacial score (nSPS) is 10.3. The van der Waals surface area contributed by atoms with Gasteiger partial charge < -0.3 is 10.6 Å². The molecule has 0 atom stereocenters. The van der Waals surface area contributed by atoms with E-state index < -0.39 is 0 Å². The second-order valence-corrected chi connectivity index (χ2v) is 4.22. The van der Waals surface area contributed by atoms with Crippen molar-refractivity contribution in [1.82, 2.24) is 9.97 Å². The molecule has 0 radical (unpaired) electrons. The molecule has 0 aromatic carbocycles. The summed E-state index contributed by atoms with van der Waals surface area (Å²) in [6.07, 6.45) is 4.56. The molecule has 18 heavy (non-hydrogen) atoms. The van der Waals surface area contributed by atoms with Crippen molar-refractivity contribution in [3.63, 3.8) is 0 Å². The predicted octanol–water partition coefficient (Wildman–Crippen LogP) is 1.61. The molecular formula is C14H18N4. The van der Waals surface area contributed by atoms with E-state index in [4.69, 9.17) is 5.73 Å². The monoisotopic (exact) mass is 242 g/mol. The molecule has 0 unspecified atom stereocenters. The molecular weight excluding hydrogens is 224 g/mol. The molecule has 2 aromatic heterocycles. The summed E-state index contributed by atoms with van der Waals surface area (Å²) in [5, 5.41) is 0. The van der Waals surface area contributed by atoms with E-state index in [1.54, 1.807) is 0 Å². The number of nitrogens with two attached hydrogens (primary N) is 1. The third kappa shape index (κ3) is 3.28. The molecule has 2 rings (SSSR count). The topological polar surface area (TPSA) is 55.0 Å². The number of pyridine rings is 2. The SMILES string of the molecule is CN(CCc1ccccn1)c1ccc(CN)cn1. The minimum Gasteiger partial charge on any atom is -0.359 e. The molecule has 0 spiro atoms. The van der Waals surface area contributed by atoms with Gasteiger partial charge in [-0.3, -0.25) is 4.98 Å². The highest BCUT2D eigenvalue weighted by atomic mass is 15.2. The summed E-state index contributed by atoms with van der Waals surface area (Å²) in [4.78, 5) is 10.8. The van der Waals surface area contributed by atoms with Crippen molar-refractivity contribution in [3.05, 3.63) is 54.0 Å². The highest BCUT2D eigenvalue weighted by molar-refractivity contribution is 5.38. The summed E-state index contributed by atoms with van der Waals surface area (Å²) >= 11 is 0. The van der Waals surface area contributed by atoms with Crippen LogP contribution >= 0.6 is 0 Å². The zero-order chi connectivity index (χ0) is 12.8. The molecule has 2 N–H and O–H groups in total. The number of rotatable bonds is 5. The lowest BCUT2D eigenvalue weighted by atomic mass is 10.2. The van der Waals surface area contributed by atoms with E-state index in [1.165, 1.54) is 0 Å². The summed E-state index contributed by atoms with van der Waals surface area (Å²) in [6.45, 7) is 1.43. The minimum atomic E-state index is 0.533. The van der Waals surface area contributed by atoms with Crippen molar-refractivity contribution < 1.29 is 0 Å². The summed E-state index contributed by atoms with van der Waals surface area (Å²) in [6, 6.07) is 10.00. The van der Waals surface area contributed by atoms with Gasteiger partial charge in [0.1, 0.15) is 5.82 Å². The maximum atomic E-state index is 5.55. The van der Waals surface area contributed by atoms with Crippen LogP contribution in [0.3, 0.4) is 0 Å². The molecule has 94 valence electrons. The lowest BCUT2D eigenvalue weighted by molar-refractivity contribution is 0.837. The first-order valence-electron chi connectivity index (χ1n) is 6.05. The fraction of sp³-hybridized carbons (Fsp3) is 0.286. The zero-order valence-corrected chi connectivity index (χ0v) is 10.6. The minimum absolute atomic E-state index is 0.533. The predicted molar refractivity (Wildman–Crippen MR) is 73.3 cm³/mol. The van der Waals surface area contributed by atoms with Gasteiger partial charge in [0, 0.05) is 44.6 Å². The highest BCUT2D eigenvalue weighted by Gasteiger charge is 2.03. The second-order valence-electron chi connectivity index (χ2n) is 4.22. The lowest BCUT2D eigenvalue weighted by Gasteiger charge is -2.17. The fourth-order valence-electron chi connectivity index (χ4n) is 1.71. The van der Waals surface area contributed by atoms with Gasteiger partial charge in [0.2, 0.25) is 0 Å². The quantitative estimate of drug-likeness (QED) is 0.865. The molecule has 2 aromatic rings. The van der Waals surface area contributed by atoms with Gasteiger partial charge in [-0.05, 0) is 23.8 Å². The van der Waals surface area contributed by atoms with Crippen molar-refractivity contribution in [2.45, 2.75) is 13.0 Å². The van der Waals surface area contributed by atoms with Crippen LogP contribution < -0.4 is 10.6 Å². The van der Waals surface area contributed by atoms with Crippen molar-refractivity contribution in [1.29, 1.82) is 0 Å². The summed E-state index contributed by atoms with van der Waals surface area (Å²) in [5.74, 6) is 0.961. The Hall–Kier alpha value is -1.94. The number of hydrogen-bond donors (Lipinski definition) is 1. The van der Waals surface area contributed by atoms with Crippen LogP contribution in [0.2, 0.25) is 0 Å². The van der Waals surface area contributed by atoms with Gasteiger partial charge in [-0.25, -0.2) is 4.98 Å². The van der Waals surface area contributed by atoms with Crippen LogP contribution in [0.4, 0.5) is 5.82 Å². The van der Waals surface area contributed by atoms with Crippen LogP contribution in [0.25, 0.3) is 0 Å². The number of likely N-dealkylation sites (N-methyl/N-ethyl adjacent to an activating group) is 1. The van der Waals surface area contributed by atoms with E-state index in [0.717, 1.165) is 30.0 Å². The molecule has 4 heteroatoms. The molecule has 0 bridgehead atoms. The molecule has 2 heterocycles. The molecule has 4 nitrogen and oxygen atoms in total. The van der Waals surface area contributed by atoms with E-state index in [1.807, 2.05) is 49.8 Å². The first-order valence-corrected chi connectivity index (χ1v) is 6.05. The standard InChI is InChI=1S/C14H18N4/c1-18(9-7-13-4-2-3-8-16-13)14-6-5-12(10-15)11-17-14/h2-6,8,11H,7,9-10,15H2,1H3. The average molecular weight is 242 g/mol. The van der Waals surface area contributed by atoms with Crippen molar-refractivity contribution in [3.8, 4) is 0 Å².